The maximum absolute atomic E-state index is 8.64. The Balaban J connectivity index is 1.93. The molecule has 5 atom stereocenters. The molecule has 0 radical (unpaired) electrons. The fourth-order valence-electron chi connectivity index (χ4n) is 2.08. The summed E-state index contributed by atoms with van der Waals surface area (Å²) >= 11 is 0. The van der Waals surface area contributed by atoms with Gasteiger partial charge in [0, 0.05) is 0 Å². The van der Waals surface area contributed by atoms with E-state index < -0.39 is 0 Å². The van der Waals surface area contributed by atoms with Gasteiger partial charge in [0.15, 0.2) is 0 Å². The second-order valence-corrected chi connectivity index (χ2v) is 3.18. The fraction of sp³-hybridized carbons (Fsp3) is 0.857. The van der Waals surface area contributed by atoms with Crippen LogP contribution in [0.15, 0.2) is 0 Å². The van der Waals surface area contributed by atoms with Crippen molar-refractivity contribution < 1.29 is 9.47 Å². The van der Waals surface area contributed by atoms with Crippen LogP contribution < -0.4 is 0 Å². The molecule has 3 fully saturated rings. The van der Waals surface area contributed by atoms with Crippen molar-refractivity contribution in [2.45, 2.75) is 30.8 Å². The summed E-state index contributed by atoms with van der Waals surface area (Å²) in [5, 5.41) is 8.64. The number of rotatable bonds is 0. The summed E-state index contributed by atoms with van der Waals surface area (Å²) in [6.07, 6.45) is 1.89. The molecule has 0 aliphatic carbocycles. The second kappa shape index (κ2) is 1.36. The zero-order chi connectivity index (χ0) is 6.72. The third kappa shape index (κ3) is 0.405. The molecule has 3 aliphatic rings. The van der Waals surface area contributed by atoms with Crippen LogP contribution in [0.5, 0.6) is 0 Å². The number of hydrogen-bond donors (Lipinski definition) is 0. The molecular formula is C7H7NO2. The van der Waals surface area contributed by atoms with Gasteiger partial charge in [0.2, 0.25) is 0 Å². The molecule has 0 saturated carbocycles. The highest BCUT2D eigenvalue weighted by Gasteiger charge is 2.65. The SMILES string of the molecule is N#C[C@@H]1C[C@H]2O[C@@H]1[C@@H]1O[C@@H]12. The maximum Gasteiger partial charge on any atom is 0.114 e. The highest BCUT2D eigenvalue weighted by Crippen LogP contribution is 2.50. The monoisotopic (exact) mass is 137 g/mol. The molecule has 2 bridgehead atoms. The quantitative estimate of drug-likeness (QED) is 0.443. The minimum Gasteiger partial charge on any atom is -0.368 e. The Bertz CT molecular complexity index is 222. The van der Waals surface area contributed by atoms with E-state index in [2.05, 4.69) is 6.07 Å². The molecule has 3 nitrogen and oxygen atoms in total. The number of hydrogen-bond acceptors (Lipinski definition) is 3. The molecular weight excluding hydrogens is 130 g/mol. The first-order valence-electron chi connectivity index (χ1n) is 3.60. The Morgan fingerprint density at radius 1 is 1.20 bits per heavy atom. The number of ether oxygens (including phenoxy) is 2. The van der Waals surface area contributed by atoms with Crippen LogP contribution in [0, 0.1) is 17.2 Å². The minimum atomic E-state index is 0.105. The van der Waals surface area contributed by atoms with Crippen molar-refractivity contribution in [2.24, 2.45) is 5.92 Å². The molecule has 3 heterocycles. The summed E-state index contributed by atoms with van der Waals surface area (Å²) in [5.74, 6) is 0.105. The summed E-state index contributed by atoms with van der Waals surface area (Å²) in [4.78, 5) is 0. The summed E-state index contributed by atoms with van der Waals surface area (Å²) in [7, 11) is 0. The van der Waals surface area contributed by atoms with Gasteiger partial charge in [0.25, 0.3) is 0 Å². The minimum absolute atomic E-state index is 0.105. The average molecular weight is 137 g/mol. The standard InChI is InChI=1S/C7H7NO2/c8-2-3-1-4-6-7(10-6)5(3)9-4/h3-7H,1H2/t3-,4+,5-,6+,7-/m0/s1. The van der Waals surface area contributed by atoms with E-state index >= 15 is 0 Å². The van der Waals surface area contributed by atoms with Crippen LogP contribution >= 0.6 is 0 Å². The van der Waals surface area contributed by atoms with Crippen molar-refractivity contribution in [2.75, 3.05) is 0 Å². The zero-order valence-electron chi connectivity index (χ0n) is 5.36. The van der Waals surface area contributed by atoms with Crippen LogP contribution in [0.2, 0.25) is 0 Å². The molecule has 0 N–H and O–H groups in total. The highest BCUT2D eigenvalue weighted by molar-refractivity contribution is 5.15. The van der Waals surface area contributed by atoms with Crippen LogP contribution in [-0.4, -0.2) is 24.4 Å². The van der Waals surface area contributed by atoms with E-state index in [4.69, 9.17) is 14.7 Å². The Morgan fingerprint density at radius 3 is 2.70 bits per heavy atom. The van der Waals surface area contributed by atoms with Crippen LogP contribution in [0.4, 0.5) is 0 Å². The molecule has 10 heavy (non-hydrogen) atoms. The molecule has 0 aromatic heterocycles. The van der Waals surface area contributed by atoms with Crippen molar-refractivity contribution in [3.8, 4) is 6.07 Å². The van der Waals surface area contributed by atoms with E-state index in [0.717, 1.165) is 6.42 Å². The summed E-state index contributed by atoms with van der Waals surface area (Å²) in [6.45, 7) is 0. The Labute approximate surface area is 58.5 Å². The van der Waals surface area contributed by atoms with Crippen LogP contribution in [0.25, 0.3) is 0 Å². The van der Waals surface area contributed by atoms with Crippen molar-refractivity contribution >= 4 is 0 Å². The second-order valence-electron chi connectivity index (χ2n) is 3.18. The van der Waals surface area contributed by atoms with E-state index in [1.807, 2.05) is 0 Å². The summed E-state index contributed by atoms with van der Waals surface area (Å²) in [5.41, 5.74) is 0. The summed E-state index contributed by atoms with van der Waals surface area (Å²) in [6, 6.07) is 2.25. The molecule has 52 valence electrons. The van der Waals surface area contributed by atoms with E-state index in [9.17, 15) is 0 Å². The molecule has 3 saturated heterocycles. The number of fused-ring (bicyclic) bond motifs is 5. The third-order valence-electron chi connectivity index (χ3n) is 2.63. The lowest BCUT2D eigenvalue weighted by atomic mass is 9.91. The fourth-order valence-corrected chi connectivity index (χ4v) is 2.08. The van der Waals surface area contributed by atoms with Crippen molar-refractivity contribution in [3.05, 3.63) is 0 Å². The van der Waals surface area contributed by atoms with E-state index in [1.165, 1.54) is 0 Å². The van der Waals surface area contributed by atoms with Gasteiger partial charge in [-0.15, -0.1) is 0 Å². The topological polar surface area (TPSA) is 45.5 Å². The molecule has 0 spiro atoms. The molecule has 3 rings (SSSR count). The first-order chi connectivity index (χ1) is 4.90. The van der Waals surface area contributed by atoms with Crippen molar-refractivity contribution in [1.82, 2.24) is 0 Å². The van der Waals surface area contributed by atoms with Crippen LogP contribution in [0.1, 0.15) is 6.42 Å². The molecule has 0 aromatic rings. The van der Waals surface area contributed by atoms with Gasteiger partial charge in [-0.25, -0.2) is 0 Å². The molecule has 3 heteroatoms. The maximum atomic E-state index is 8.64. The molecule has 3 aliphatic heterocycles. The highest BCUT2D eigenvalue weighted by atomic mass is 16.7. The summed E-state index contributed by atoms with van der Waals surface area (Å²) < 4.78 is 10.8. The predicted molar refractivity (Wildman–Crippen MR) is 31.0 cm³/mol. The first kappa shape index (κ1) is 5.11. The Hall–Kier alpha value is -0.590. The average Bonchev–Trinajstić information content (AvgIpc) is 2.58. The first-order valence-corrected chi connectivity index (χ1v) is 3.60. The smallest absolute Gasteiger partial charge is 0.114 e. The zero-order valence-corrected chi connectivity index (χ0v) is 5.36. The largest absolute Gasteiger partial charge is 0.368 e. The van der Waals surface area contributed by atoms with Gasteiger partial charge in [0.05, 0.1) is 18.1 Å². The lowest BCUT2D eigenvalue weighted by molar-refractivity contribution is 0.0159. The lowest BCUT2D eigenvalue weighted by Crippen LogP contribution is -2.22. The van der Waals surface area contributed by atoms with E-state index in [1.54, 1.807) is 0 Å². The van der Waals surface area contributed by atoms with E-state index in [-0.39, 0.29) is 24.2 Å². The molecule has 0 unspecified atom stereocenters. The number of nitrogens with zero attached hydrogens (tertiary/aromatic N) is 1. The van der Waals surface area contributed by atoms with Gasteiger partial charge < -0.3 is 9.47 Å². The van der Waals surface area contributed by atoms with Gasteiger partial charge >= 0.3 is 0 Å². The van der Waals surface area contributed by atoms with E-state index in [0.29, 0.717) is 6.10 Å². The van der Waals surface area contributed by atoms with Crippen molar-refractivity contribution in [3.63, 3.8) is 0 Å². The normalized spacial score (nSPS) is 61.7. The van der Waals surface area contributed by atoms with Gasteiger partial charge in [-0.05, 0) is 6.42 Å². The molecule has 0 aromatic carbocycles. The number of nitriles is 1. The third-order valence-corrected chi connectivity index (χ3v) is 2.63. The van der Waals surface area contributed by atoms with Gasteiger partial charge in [-0.3, -0.25) is 0 Å². The van der Waals surface area contributed by atoms with Crippen LogP contribution in [0.3, 0.4) is 0 Å². The Morgan fingerprint density at radius 2 is 2.10 bits per heavy atom. The Kier molecular flexibility index (Phi) is 0.697. The number of epoxide rings is 1. The molecule has 0 amide bonds. The van der Waals surface area contributed by atoms with Crippen LogP contribution in [-0.2, 0) is 9.47 Å². The van der Waals surface area contributed by atoms with Gasteiger partial charge in [-0.2, -0.15) is 5.26 Å². The van der Waals surface area contributed by atoms with Gasteiger partial charge in [-0.1, -0.05) is 0 Å². The van der Waals surface area contributed by atoms with Crippen molar-refractivity contribution in [1.29, 1.82) is 5.26 Å². The van der Waals surface area contributed by atoms with Gasteiger partial charge in [0.1, 0.15) is 18.3 Å². The predicted octanol–water partition coefficient (Wildman–Crippen LogP) is 0.0647. The lowest BCUT2D eigenvalue weighted by Gasteiger charge is -2.05.